The van der Waals surface area contributed by atoms with Crippen LogP contribution in [0, 0.1) is 0 Å². The van der Waals surface area contributed by atoms with Gasteiger partial charge in [-0.3, -0.25) is 0 Å². The predicted molar refractivity (Wildman–Crippen MR) is 72.0 cm³/mol. The molecule has 7 heteroatoms. The number of rotatable bonds is 3. The Morgan fingerprint density at radius 3 is 2.56 bits per heavy atom. The van der Waals surface area contributed by atoms with E-state index in [1.807, 2.05) is 25.6 Å². The minimum absolute atomic E-state index is 0.182. The van der Waals surface area contributed by atoms with Crippen molar-refractivity contribution in [1.29, 1.82) is 0 Å². The van der Waals surface area contributed by atoms with Crippen LogP contribution in [0.2, 0.25) is 0 Å². The maximum absolute atomic E-state index is 12.4. The van der Waals surface area contributed by atoms with E-state index in [9.17, 15) is 8.42 Å². The summed E-state index contributed by atoms with van der Waals surface area (Å²) in [5.41, 5.74) is 0.515. The smallest absolute Gasteiger partial charge is 0.244 e. The number of nitrogens with zero attached hydrogens (tertiary/aromatic N) is 1. The Labute approximate surface area is 112 Å². The number of aromatic amines is 1. The molecule has 1 aromatic rings. The van der Waals surface area contributed by atoms with E-state index in [1.54, 1.807) is 0 Å². The van der Waals surface area contributed by atoms with Crippen molar-refractivity contribution in [2.75, 3.05) is 13.1 Å². The Kier molecular flexibility index (Phi) is 4.05. The lowest BCUT2D eigenvalue weighted by Gasteiger charge is -2.33. The highest BCUT2D eigenvalue weighted by Gasteiger charge is 2.32. The summed E-state index contributed by atoms with van der Waals surface area (Å²) in [6.07, 6.45) is 1.44. The summed E-state index contributed by atoms with van der Waals surface area (Å²) in [5, 5.41) is 9.58. The van der Waals surface area contributed by atoms with Crippen LogP contribution in [-0.4, -0.2) is 46.4 Å². The van der Waals surface area contributed by atoms with E-state index in [4.69, 9.17) is 5.11 Å². The zero-order chi connectivity index (χ0) is 13.3. The van der Waals surface area contributed by atoms with Gasteiger partial charge in [-0.25, -0.2) is 8.42 Å². The number of sulfonamides is 1. The van der Waals surface area contributed by atoms with E-state index in [0.29, 0.717) is 29.3 Å². The van der Waals surface area contributed by atoms with Crippen LogP contribution < -0.4 is 0 Å². The molecule has 0 aliphatic carbocycles. The molecule has 102 valence electrons. The van der Waals surface area contributed by atoms with Gasteiger partial charge in [-0.15, -0.1) is 0 Å². The number of H-pyrrole nitrogens is 1. The average molecular weight is 290 g/mol. The Morgan fingerprint density at radius 1 is 1.44 bits per heavy atom. The highest BCUT2D eigenvalue weighted by Crippen LogP contribution is 2.28. The summed E-state index contributed by atoms with van der Waals surface area (Å²) in [4.78, 5) is 3.00. The summed E-state index contributed by atoms with van der Waals surface area (Å²) < 4.78 is 26.4. The van der Waals surface area contributed by atoms with Crippen molar-refractivity contribution < 1.29 is 13.5 Å². The molecule has 0 saturated carbocycles. The number of nitrogens with one attached hydrogen (secondary N) is 1. The Morgan fingerprint density at radius 2 is 2.06 bits per heavy atom. The van der Waals surface area contributed by atoms with Gasteiger partial charge in [0.15, 0.2) is 0 Å². The van der Waals surface area contributed by atoms with E-state index in [0.717, 1.165) is 0 Å². The summed E-state index contributed by atoms with van der Waals surface area (Å²) in [5.74, 6) is 0. The van der Waals surface area contributed by atoms with Gasteiger partial charge in [-0.05, 0) is 6.07 Å². The van der Waals surface area contributed by atoms with Crippen LogP contribution in [0.15, 0.2) is 17.2 Å². The third-order valence-corrected chi connectivity index (χ3v) is 5.95. The van der Waals surface area contributed by atoms with Gasteiger partial charge in [0.25, 0.3) is 0 Å². The fourth-order valence-corrected chi connectivity index (χ4v) is 5.29. The van der Waals surface area contributed by atoms with Crippen LogP contribution in [0.1, 0.15) is 19.5 Å². The lowest BCUT2D eigenvalue weighted by molar-refractivity contribution is 0.277. The van der Waals surface area contributed by atoms with Crippen molar-refractivity contribution >= 4 is 21.8 Å². The third-order valence-electron chi connectivity index (χ3n) is 2.91. The summed E-state index contributed by atoms with van der Waals surface area (Å²) >= 11 is 1.81. The molecule has 2 unspecified atom stereocenters. The fraction of sp³-hybridized carbons (Fsp3) is 0.636. The lowest BCUT2D eigenvalue weighted by Crippen LogP contribution is -2.43. The largest absolute Gasteiger partial charge is 0.390 e. The minimum Gasteiger partial charge on any atom is -0.390 e. The van der Waals surface area contributed by atoms with E-state index < -0.39 is 10.0 Å². The van der Waals surface area contributed by atoms with Gasteiger partial charge < -0.3 is 10.1 Å². The van der Waals surface area contributed by atoms with Crippen LogP contribution in [0.3, 0.4) is 0 Å². The number of aromatic nitrogens is 1. The molecule has 0 radical (unpaired) electrons. The van der Waals surface area contributed by atoms with Crippen molar-refractivity contribution in [3.63, 3.8) is 0 Å². The molecule has 1 aromatic heterocycles. The molecule has 1 aliphatic heterocycles. The Hall–Kier alpha value is -0.500. The second kappa shape index (κ2) is 5.24. The first-order chi connectivity index (χ1) is 8.43. The van der Waals surface area contributed by atoms with Gasteiger partial charge in [0, 0.05) is 35.5 Å². The van der Waals surface area contributed by atoms with Crippen molar-refractivity contribution in [3.05, 3.63) is 18.0 Å². The molecule has 0 amide bonds. The number of hydrogen-bond donors (Lipinski definition) is 2. The van der Waals surface area contributed by atoms with Gasteiger partial charge in [0.1, 0.15) is 0 Å². The quantitative estimate of drug-likeness (QED) is 0.872. The van der Waals surface area contributed by atoms with Gasteiger partial charge in [0.2, 0.25) is 10.0 Å². The molecule has 2 atom stereocenters. The van der Waals surface area contributed by atoms with Crippen molar-refractivity contribution in [2.45, 2.75) is 35.8 Å². The Bertz CT molecular complexity index is 502. The summed E-state index contributed by atoms with van der Waals surface area (Å²) in [7, 11) is -3.44. The second-order valence-electron chi connectivity index (χ2n) is 4.60. The zero-order valence-electron chi connectivity index (χ0n) is 10.5. The summed E-state index contributed by atoms with van der Waals surface area (Å²) in [6, 6.07) is 1.49. The molecule has 1 saturated heterocycles. The van der Waals surface area contributed by atoms with E-state index in [2.05, 4.69) is 4.98 Å². The van der Waals surface area contributed by atoms with Crippen LogP contribution in [0.5, 0.6) is 0 Å². The first-order valence-electron chi connectivity index (χ1n) is 5.87. The van der Waals surface area contributed by atoms with E-state index in [1.165, 1.54) is 16.6 Å². The van der Waals surface area contributed by atoms with Crippen LogP contribution in [0.25, 0.3) is 0 Å². The van der Waals surface area contributed by atoms with Gasteiger partial charge >= 0.3 is 0 Å². The predicted octanol–water partition coefficient (Wildman–Crippen LogP) is 1.02. The molecule has 0 spiro atoms. The zero-order valence-corrected chi connectivity index (χ0v) is 12.1. The monoisotopic (exact) mass is 290 g/mol. The number of thioether (sulfide) groups is 1. The van der Waals surface area contributed by atoms with Crippen LogP contribution >= 0.6 is 11.8 Å². The molecule has 2 heterocycles. The van der Waals surface area contributed by atoms with Gasteiger partial charge in [-0.1, -0.05) is 13.8 Å². The van der Waals surface area contributed by atoms with Gasteiger partial charge in [0.05, 0.1) is 11.5 Å². The maximum Gasteiger partial charge on any atom is 0.244 e. The molecular weight excluding hydrogens is 272 g/mol. The van der Waals surface area contributed by atoms with Crippen molar-refractivity contribution in [2.24, 2.45) is 0 Å². The first-order valence-corrected chi connectivity index (χ1v) is 8.25. The highest BCUT2D eigenvalue weighted by atomic mass is 32.2. The summed E-state index contributed by atoms with van der Waals surface area (Å²) in [6.45, 7) is 4.98. The van der Waals surface area contributed by atoms with Crippen molar-refractivity contribution in [1.82, 2.24) is 9.29 Å². The molecule has 1 fully saturated rings. The highest BCUT2D eigenvalue weighted by molar-refractivity contribution is 8.00. The molecule has 0 aromatic carbocycles. The first kappa shape index (κ1) is 13.9. The SMILES string of the molecule is CC1CN(S(=O)(=O)c2c[nH]c(CO)c2)CC(C)S1. The molecule has 5 nitrogen and oxygen atoms in total. The topological polar surface area (TPSA) is 73.4 Å². The van der Waals surface area contributed by atoms with Crippen LogP contribution in [-0.2, 0) is 16.6 Å². The number of aliphatic hydroxyl groups is 1. The molecule has 2 rings (SSSR count). The van der Waals surface area contributed by atoms with Gasteiger partial charge in [-0.2, -0.15) is 16.1 Å². The molecule has 1 aliphatic rings. The number of hydrogen-bond acceptors (Lipinski definition) is 4. The lowest BCUT2D eigenvalue weighted by atomic mass is 10.4. The van der Waals surface area contributed by atoms with E-state index in [-0.39, 0.29) is 11.5 Å². The third kappa shape index (κ3) is 2.74. The second-order valence-corrected chi connectivity index (χ2v) is 8.42. The molecule has 0 bridgehead atoms. The normalized spacial score (nSPS) is 26.4. The molecule has 2 N–H and O–H groups in total. The fourth-order valence-electron chi connectivity index (χ4n) is 2.14. The standard InChI is InChI=1S/C11H18N2O3S2/c1-8-5-13(6-9(2)17-8)18(15,16)11-3-10(7-14)12-4-11/h3-4,8-9,12,14H,5-7H2,1-2H3. The van der Waals surface area contributed by atoms with Crippen molar-refractivity contribution in [3.8, 4) is 0 Å². The maximum atomic E-state index is 12.4. The Balaban J connectivity index is 2.25. The molecular formula is C11H18N2O3S2. The minimum atomic E-state index is -3.44. The average Bonchev–Trinajstić information content (AvgIpc) is 2.76. The number of aliphatic hydroxyl groups excluding tert-OH is 1. The van der Waals surface area contributed by atoms with E-state index >= 15 is 0 Å². The molecule has 18 heavy (non-hydrogen) atoms. The van der Waals surface area contributed by atoms with Crippen LogP contribution in [0.4, 0.5) is 0 Å².